The lowest BCUT2D eigenvalue weighted by molar-refractivity contribution is -0.115. The van der Waals surface area contributed by atoms with Gasteiger partial charge in [-0.15, -0.1) is 0 Å². The van der Waals surface area contributed by atoms with Crippen molar-refractivity contribution in [2.45, 2.75) is 33.7 Å². The quantitative estimate of drug-likeness (QED) is 0.0445. The summed E-state index contributed by atoms with van der Waals surface area (Å²) in [5, 5.41) is 12.7. The van der Waals surface area contributed by atoms with Crippen molar-refractivity contribution < 1.29 is 19.2 Å². The standard InChI is InChI=1S/C26H25N7O2.C22H22N8O.C3H3ClO.CH4/c1-3-21(34)10-17-13-33(14-17)20-8-9-27-24(11-20)32-26(35)30-19-6-4-18(5-7-19)23-12-22-16(2)28-15-29-25(22)31-23;1-13-18-9-19(28-21(18)26-12-25-13)14-2-4-16(5-3-14)27-22(31)29-20-8-17(6-7-24-20)30-10-15(23)11-30;1-2-3(4)5;/h3-9,11-12,15,17H,1,10,13-14H2,2H3,(H,28,29,31)(H2,27,30,32,35);2-9,12,15H,10-11,23H2,1H3,(H,25,26,28)(H2,24,27,29,31);2H,1H2;1H4. The smallest absolute Gasteiger partial charge is 0.324 e. The molecule has 0 radical (unpaired) electrons. The topological polar surface area (TPSA) is 258 Å². The van der Waals surface area contributed by atoms with Crippen LogP contribution in [0.25, 0.3) is 44.6 Å². The number of amides is 4. The molecule has 8 aromatic rings. The van der Waals surface area contributed by atoms with Crippen molar-refractivity contribution in [2.24, 2.45) is 11.7 Å². The SMILES string of the molecule is C.C=CC(=O)CC1CN(c2ccnc(NC(=O)Nc3ccc(-c4cc5c(C)ncnc5[nH]4)cc3)c2)C1.C=CC(=O)Cl.Cc1ncnc2[nH]c(-c3ccc(NC(=O)Nc4cc(N5CC(N)C5)ccn4)cc3)cc12. The van der Waals surface area contributed by atoms with Crippen molar-refractivity contribution >= 4 is 91.1 Å². The van der Waals surface area contributed by atoms with Crippen LogP contribution in [-0.4, -0.2) is 95.2 Å². The Bertz CT molecular complexity index is 3240. The Morgan fingerprint density at radius 3 is 1.46 bits per heavy atom. The van der Waals surface area contributed by atoms with Crippen molar-refractivity contribution in [1.82, 2.24) is 39.9 Å². The second kappa shape index (κ2) is 23.2. The lowest BCUT2D eigenvalue weighted by Crippen LogP contribution is -2.55. The number of aryl methyl sites for hydroxylation is 2. The molecule has 19 nitrogen and oxygen atoms in total. The highest BCUT2D eigenvalue weighted by atomic mass is 35.5. The van der Waals surface area contributed by atoms with Gasteiger partial charge in [-0.3, -0.25) is 20.2 Å². The summed E-state index contributed by atoms with van der Waals surface area (Å²) in [7, 11) is 0. The number of rotatable bonds is 12. The fourth-order valence-corrected chi connectivity index (χ4v) is 7.83. The van der Waals surface area contributed by atoms with Crippen LogP contribution < -0.4 is 36.8 Å². The Hall–Kier alpha value is -8.81. The van der Waals surface area contributed by atoms with Crippen LogP contribution in [0.3, 0.4) is 0 Å². The molecule has 6 aromatic heterocycles. The summed E-state index contributed by atoms with van der Waals surface area (Å²) in [5.74, 6) is 1.35. The first-order chi connectivity index (χ1) is 34.3. The number of urea groups is 2. The zero-order valence-electron chi connectivity index (χ0n) is 38.8. The van der Waals surface area contributed by atoms with E-state index in [9.17, 15) is 19.2 Å². The fourth-order valence-electron chi connectivity index (χ4n) is 7.83. The molecule has 2 saturated heterocycles. The molecule has 2 aliphatic heterocycles. The third-order valence-corrected chi connectivity index (χ3v) is 11.8. The number of carbonyl (C=O) groups is 4. The Labute approximate surface area is 420 Å². The molecular weight excluding hydrogens is 934 g/mol. The number of hydrogen-bond acceptors (Lipinski definition) is 13. The summed E-state index contributed by atoms with van der Waals surface area (Å²) in [6.07, 6.45) is 9.37. The molecule has 0 bridgehead atoms. The summed E-state index contributed by atoms with van der Waals surface area (Å²) in [4.78, 5) is 82.2. The summed E-state index contributed by atoms with van der Waals surface area (Å²) in [6, 6.07) is 26.1. The van der Waals surface area contributed by atoms with E-state index in [2.05, 4.69) is 84.1 Å². The number of aromatic nitrogens is 8. The van der Waals surface area contributed by atoms with Crippen LogP contribution in [0.1, 0.15) is 25.2 Å². The minimum atomic E-state index is -0.509. The zero-order valence-corrected chi connectivity index (χ0v) is 39.6. The molecule has 4 amide bonds. The van der Waals surface area contributed by atoms with Gasteiger partial charge in [0.05, 0.1) is 11.4 Å². The minimum absolute atomic E-state index is 0. The van der Waals surface area contributed by atoms with Gasteiger partial charge in [0.15, 0.2) is 5.78 Å². The van der Waals surface area contributed by atoms with E-state index in [-0.39, 0.29) is 31.3 Å². The van der Waals surface area contributed by atoms with Gasteiger partial charge in [0.25, 0.3) is 0 Å². The van der Waals surface area contributed by atoms with E-state index in [1.807, 2.05) is 98.8 Å². The predicted octanol–water partition coefficient (Wildman–Crippen LogP) is 9.25. The zero-order chi connectivity index (χ0) is 50.0. The number of H-pyrrole nitrogens is 2. The Morgan fingerprint density at radius 2 is 1.07 bits per heavy atom. The minimum Gasteiger partial charge on any atom is -0.371 e. The Balaban J connectivity index is 0.000000192. The molecule has 72 heavy (non-hydrogen) atoms. The first kappa shape index (κ1) is 51.1. The van der Waals surface area contributed by atoms with Gasteiger partial charge in [0.2, 0.25) is 5.24 Å². The van der Waals surface area contributed by atoms with Crippen molar-refractivity contribution in [1.29, 1.82) is 0 Å². The summed E-state index contributed by atoms with van der Waals surface area (Å²) in [5.41, 5.74) is 16.4. The van der Waals surface area contributed by atoms with Crippen molar-refractivity contribution in [3.05, 3.63) is 147 Å². The van der Waals surface area contributed by atoms with E-state index in [1.54, 1.807) is 25.0 Å². The van der Waals surface area contributed by atoms with Crippen LogP contribution in [-0.2, 0) is 9.59 Å². The second-order valence-electron chi connectivity index (χ2n) is 16.7. The molecule has 368 valence electrons. The van der Waals surface area contributed by atoms with Gasteiger partial charge in [-0.2, -0.15) is 0 Å². The molecule has 2 fully saturated rings. The fraction of sp³-hybridized carbons (Fsp3) is 0.192. The van der Waals surface area contributed by atoms with Gasteiger partial charge in [-0.1, -0.05) is 44.8 Å². The molecule has 0 spiro atoms. The molecule has 0 aliphatic carbocycles. The lowest BCUT2D eigenvalue weighted by atomic mass is 9.93. The number of halogens is 1. The highest BCUT2D eigenvalue weighted by molar-refractivity contribution is 6.66. The number of allylic oxidation sites excluding steroid dienone is 2. The number of nitrogens with one attached hydrogen (secondary N) is 6. The lowest BCUT2D eigenvalue weighted by Gasteiger charge is -2.40. The molecule has 8 heterocycles. The van der Waals surface area contributed by atoms with Crippen LogP contribution in [0.15, 0.2) is 135 Å². The molecule has 20 heteroatoms. The number of carbonyl (C=O) groups excluding carboxylic acids is 4. The third-order valence-electron chi connectivity index (χ3n) is 11.6. The van der Waals surface area contributed by atoms with Gasteiger partial charge < -0.3 is 36.1 Å². The van der Waals surface area contributed by atoms with Crippen LogP contribution >= 0.6 is 11.6 Å². The summed E-state index contributed by atoms with van der Waals surface area (Å²) in [6.45, 7) is 13.7. The number of pyridine rings is 2. The maximum Gasteiger partial charge on any atom is 0.324 e. The van der Waals surface area contributed by atoms with Crippen molar-refractivity contribution in [3.8, 4) is 22.5 Å². The average Bonchev–Trinajstić information content (AvgIpc) is 3.99. The normalized spacial score (nSPS) is 12.9. The number of nitrogens with zero attached hydrogens (tertiary/aromatic N) is 8. The first-order valence-corrected chi connectivity index (χ1v) is 22.8. The van der Waals surface area contributed by atoms with Crippen LogP contribution in [0.2, 0.25) is 0 Å². The number of hydrogen-bond donors (Lipinski definition) is 7. The van der Waals surface area contributed by atoms with Gasteiger partial charge in [-0.25, -0.2) is 39.5 Å². The number of fused-ring (bicyclic) bond motifs is 2. The average molecular weight is 989 g/mol. The maximum atomic E-state index is 12.5. The summed E-state index contributed by atoms with van der Waals surface area (Å²) < 4.78 is 0. The number of benzene rings is 2. The highest BCUT2D eigenvalue weighted by Gasteiger charge is 2.28. The van der Waals surface area contributed by atoms with Crippen LogP contribution in [0.4, 0.5) is 44.0 Å². The molecule has 0 unspecified atom stereocenters. The van der Waals surface area contributed by atoms with Gasteiger partial charge in [0.1, 0.15) is 35.6 Å². The molecular formula is C52H54ClN15O4. The van der Waals surface area contributed by atoms with E-state index < -0.39 is 5.24 Å². The third kappa shape index (κ3) is 12.9. The van der Waals surface area contributed by atoms with E-state index in [0.29, 0.717) is 35.3 Å². The largest absolute Gasteiger partial charge is 0.371 e. The number of anilines is 6. The van der Waals surface area contributed by atoms with Gasteiger partial charge in [0, 0.05) is 114 Å². The predicted molar refractivity (Wildman–Crippen MR) is 285 cm³/mol. The van der Waals surface area contributed by atoms with E-state index in [0.717, 1.165) is 99.6 Å². The van der Waals surface area contributed by atoms with Gasteiger partial charge in [-0.05, 0) is 97.3 Å². The molecule has 0 saturated carbocycles. The molecule has 10 rings (SSSR count). The molecule has 0 atom stereocenters. The second-order valence-corrected chi connectivity index (χ2v) is 17.1. The molecule has 8 N–H and O–H groups in total. The molecule has 2 aromatic carbocycles. The number of ketones is 1. The van der Waals surface area contributed by atoms with Crippen LogP contribution in [0.5, 0.6) is 0 Å². The van der Waals surface area contributed by atoms with Crippen molar-refractivity contribution in [2.75, 3.05) is 57.2 Å². The maximum absolute atomic E-state index is 12.5. The van der Waals surface area contributed by atoms with E-state index in [4.69, 9.17) is 17.3 Å². The van der Waals surface area contributed by atoms with E-state index >= 15 is 0 Å². The first-order valence-electron chi connectivity index (χ1n) is 22.4. The number of nitrogens with two attached hydrogens (primary N) is 1. The number of aromatic amines is 2. The van der Waals surface area contributed by atoms with E-state index in [1.165, 1.54) is 6.08 Å². The Morgan fingerprint density at radius 1 is 0.639 bits per heavy atom. The van der Waals surface area contributed by atoms with Crippen molar-refractivity contribution in [3.63, 3.8) is 0 Å². The summed E-state index contributed by atoms with van der Waals surface area (Å²) >= 11 is 4.71. The van der Waals surface area contributed by atoms with Crippen LogP contribution in [0, 0.1) is 19.8 Å². The Kier molecular flexibility index (Phi) is 16.4. The highest BCUT2D eigenvalue weighted by Crippen LogP contribution is 2.30. The molecule has 2 aliphatic rings. The monoisotopic (exact) mass is 987 g/mol. The van der Waals surface area contributed by atoms with Gasteiger partial charge >= 0.3 is 12.1 Å².